The molecule has 0 aromatic heterocycles. The van der Waals surface area contributed by atoms with E-state index in [0.29, 0.717) is 6.04 Å². The van der Waals surface area contributed by atoms with Gasteiger partial charge >= 0.3 is 0 Å². The summed E-state index contributed by atoms with van der Waals surface area (Å²) in [4.78, 5) is 0. The van der Waals surface area contributed by atoms with Crippen LogP contribution in [0.4, 0.5) is 0 Å². The van der Waals surface area contributed by atoms with Gasteiger partial charge in [0.2, 0.25) is 0 Å². The molecule has 0 spiro atoms. The summed E-state index contributed by atoms with van der Waals surface area (Å²) in [6, 6.07) is 0.703. The Bertz CT molecular complexity index is 129. The van der Waals surface area contributed by atoms with Gasteiger partial charge in [-0.3, -0.25) is 0 Å². The van der Waals surface area contributed by atoms with Gasteiger partial charge in [0.1, 0.15) is 0 Å². The molecule has 0 aromatic rings. The van der Waals surface area contributed by atoms with E-state index in [9.17, 15) is 0 Å². The Morgan fingerprint density at radius 3 is 2.43 bits per heavy atom. The van der Waals surface area contributed by atoms with Crippen LogP contribution in [-0.4, -0.2) is 12.6 Å². The predicted molar refractivity (Wildman–Crippen MR) is 65.6 cm³/mol. The molecule has 0 aliphatic carbocycles. The summed E-state index contributed by atoms with van der Waals surface area (Å²) in [6.45, 7) is 11.7. The lowest BCUT2D eigenvalue weighted by Crippen LogP contribution is -2.33. The molecule has 1 heteroatoms. The Balaban J connectivity index is 3.28. The Morgan fingerprint density at radius 2 is 1.93 bits per heavy atom. The molecule has 1 unspecified atom stereocenters. The first-order chi connectivity index (χ1) is 6.72. The average Bonchev–Trinajstić information content (AvgIpc) is 2.16. The van der Waals surface area contributed by atoms with E-state index in [1.165, 1.54) is 38.6 Å². The molecule has 1 nitrogen and oxygen atoms in total. The molecule has 0 amide bonds. The van der Waals surface area contributed by atoms with Crippen LogP contribution in [0.2, 0.25) is 0 Å². The summed E-state index contributed by atoms with van der Waals surface area (Å²) >= 11 is 0. The first-order valence-electron chi connectivity index (χ1n) is 6.06. The first kappa shape index (κ1) is 13.7. The van der Waals surface area contributed by atoms with E-state index in [1.807, 2.05) is 6.08 Å². The molecule has 0 aliphatic heterocycles. The largest absolute Gasteiger partial charge is 0.314 e. The summed E-state index contributed by atoms with van der Waals surface area (Å²) in [7, 11) is 0. The van der Waals surface area contributed by atoms with Gasteiger partial charge in [0.05, 0.1) is 0 Å². The molecule has 14 heavy (non-hydrogen) atoms. The minimum Gasteiger partial charge on any atom is -0.314 e. The van der Waals surface area contributed by atoms with Gasteiger partial charge in [-0.2, -0.15) is 0 Å². The smallest absolute Gasteiger partial charge is 0.00874 e. The lowest BCUT2D eigenvalue weighted by atomic mass is 10.0. The third-order valence-electron chi connectivity index (χ3n) is 2.74. The second-order valence-electron chi connectivity index (χ2n) is 4.35. The summed E-state index contributed by atoms with van der Waals surface area (Å²) in [6.07, 6.45) is 8.34. The summed E-state index contributed by atoms with van der Waals surface area (Å²) in [5, 5.41) is 3.62. The highest BCUT2D eigenvalue weighted by molar-refractivity contribution is 4.69. The summed E-state index contributed by atoms with van der Waals surface area (Å²) in [5.41, 5.74) is 0. The van der Waals surface area contributed by atoms with E-state index in [4.69, 9.17) is 0 Å². The molecule has 1 N–H and O–H groups in total. The van der Waals surface area contributed by atoms with Crippen LogP contribution in [0.25, 0.3) is 0 Å². The van der Waals surface area contributed by atoms with Crippen molar-refractivity contribution in [3.8, 4) is 0 Å². The highest BCUT2D eigenvalue weighted by Crippen LogP contribution is 2.06. The van der Waals surface area contributed by atoms with Crippen molar-refractivity contribution in [1.29, 1.82) is 0 Å². The van der Waals surface area contributed by atoms with Crippen molar-refractivity contribution in [2.45, 2.75) is 58.9 Å². The fourth-order valence-electron chi connectivity index (χ4n) is 1.73. The van der Waals surface area contributed by atoms with Gasteiger partial charge in [-0.15, -0.1) is 6.58 Å². The van der Waals surface area contributed by atoms with Gasteiger partial charge in [0, 0.05) is 6.04 Å². The number of allylic oxidation sites excluding steroid dienone is 1. The Morgan fingerprint density at radius 1 is 1.21 bits per heavy atom. The van der Waals surface area contributed by atoms with Crippen molar-refractivity contribution in [3.05, 3.63) is 12.7 Å². The molecule has 0 saturated carbocycles. The lowest BCUT2D eigenvalue weighted by molar-refractivity contribution is 0.384. The van der Waals surface area contributed by atoms with Crippen molar-refractivity contribution in [1.82, 2.24) is 5.32 Å². The molecule has 0 radical (unpaired) electrons. The van der Waals surface area contributed by atoms with Crippen molar-refractivity contribution < 1.29 is 0 Å². The second-order valence-corrected chi connectivity index (χ2v) is 4.35. The highest BCUT2D eigenvalue weighted by atomic mass is 14.9. The Hall–Kier alpha value is -0.300. The van der Waals surface area contributed by atoms with Gasteiger partial charge in [-0.05, 0) is 38.1 Å². The molecule has 0 rings (SSSR count). The number of rotatable bonds is 9. The minimum atomic E-state index is 0.703. The molecule has 0 aromatic carbocycles. The molecule has 84 valence electrons. The summed E-state index contributed by atoms with van der Waals surface area (Å²) < 4.78 is 0. The maximum absolute atomic E-state index is 3.73. The normalized spacial score (nSPS) is 13.1. The van der Waals surface area contributed by atoms with Crippen molar-refractivity contribution >= 4 is 0 Å². The minimum absolute atomic E-state index is 0.703. The monoisotopic (exact) mass is 197 g/mol. The van der Waals surface area contributed by atoms with Crippen LogP contribution < -0.4 is 5.32 Å². The Labute approximate surface area is 90.0 Å². The molecule has 1 atom stereocenters. The van der Waals surface area contributed by atoms with Crippen LogP contribution in [0.3, 0.4) is 0 Å². The van der Waals surface area contributed by atoms with Gasteiger partial charge < -0.3 is 5.32 Å². The SMILES string of the molecule is C=CCCCCCNC(CC)C(C)C. The van der Waals surface area contributed by atoms with Crippen molar-refractivity contribution in [3.63, 3.8) is 0 Å². The number of unbranched alkanes of at least 4 members (excludes halogenated alkanes) is 3. The maximum atomic E-state index is 3.73. The lowest BCUT2D eigenvalue weighted by Gasteiger charge is -2.20. The van der Waals surface area contributed by atoms with E-state index in [1.54, 1.807) is 0 Å². The van der Waals surface area contributed by atoms with Gasteiger partial charge in [-0.25, -0.2) is 0 Å². The second kappa shape index (κ2) is 9.26. The zero-order valence-electron chi connectivity index (χ0n) is 10.2. The number of hydrogen-bond donors (Lipinski definition) is 1. The van der Waals surface area contributed by atoms with Crippen LogP contribution in [0.15, 0.2) is 12.7 Å². The third-order valence-corrected chi connectivity index (χ3v) is 2.74. The quantitative estimate of drug-likeness (QED) is 0.438. The van der Waals surface area contributed by atoms with E-state index < -0.39 is 0 Å². The van der Waals surface area contributed by atoms with Crippen LogP contribution in [0, 0.1) is 5.92 Å². The van der Waals surface area contributed by atoms with Gasteiger partial charge in [0.25, 0.3) is 0 Å². The number of hydrogen-bond acceptors (Lipinski definition) is 1. The van der Waals surface area contributed by atoms with E-state index in [2.05, 4.69) is 32.7 Å². The van der Waals surface area contributed by atoms with Crippen molar-refractivity contribution in [2.75, 3.05) is 6.54 Å². The van der Waals surface area contributed by atoms with Gasteiger partial charge in [-0.1, -0.05) is 33.3 Å². The highest BCUT2D eigenvalue weighted by Gasteiger charge is 2.08. The van der Waals surface area contributed by atoms with Crippen molar-refractivity contribution in [2.24, 2.45) is 5.92 Å². The molecule has 0 saturated heterocycles. The van der Waals surface area contributed by atoms with Crippen LogP contribution >= 0.6 is 0 Å². The molecular weight excluding hydrogens is 170 g/mol. The fourth-order valence-corrected chi connectivity index (χ4v) is 1.73. The molecular formula is C13H27N. The average molecular weight is 197 g/mol. The zero-order valence-corrected chi connectivity index (χ0v) is 10.2. The third kappa shape index (κ3) is 7.14. The van der Waals surface area contributed by atoms with Crippen LogP contribution in [-0.2, 0) is 0 Å². The van der Waals surface area contributed by atoms with E-state index >= 15 is 0 Å². The molecule has 0 heterocycles. The predicted octanol–water partition coefficient (Wildman–Crippen LogP) is 3.76. The standard InChI is InChI=1S/C13H27N/c1-5-7-8-9-10-11-14-13(6-2)12(3)4/h5,12-14H,1,6-11H2,2-4H3. The van der Waals surface area contributed by atoms with E-state index in [0.717, 1.165) is 5.92 Å². The van der Waals surface area contributed by atoms with E-state index in [-0.39, 0.29) is 0 Å². The maximum Gasteiger partial charge on any atom is 0.00874 e. The molecule has 0 bridgehead atoms. The molecule has 0 fully saturated rings. The van der Waals surface area contributed by atoms with Crippen LogP contribution in [0.5, 0.6) is 0 Å². The number of nitrogens with one attached hydrogen (secondary N) is 1. The summed E-state index contributed by atoms with van der Waals surface area (Å²) in [5.74, 6) is 0.758. The topological polar surface area (TPSA) is 12.0 Å². The first-order valence-corrected chi connectivity index (χ1v) is 6.06. The fraction of sp³-hybridized carbons (Fsp3) is 0.846. The van der Waals surface area contributed by atoms with Crippen LogP contribution in [0.1, 0.15) is 52.9 Å². The molecule has 0 aliphatic rings. The zero-order chi connectivity index (χ0) is 10.8. The Kier molecular flexibility index (Phi) is 9.06. The van der Waals surface area contributed by atoms with Gasteiger partial charge in [0.15, 0.2) is 0 Å².